The monoisotopic (exact) mass is 359 g/mol. The molecule has 0 saturated carbocycles. The van der Waals surface area contributed by atoms with Crippen molar-refractivity contribution in [2.45, 2.75) is 6.54 Å². The van der Waals surface area contributed by atoms with Crippen molar-refractivity contribution in [3.8, 4) is 11.5 Å². The summed E-state index contributed by atoms with van der Waals surface area (Å²) in [7, 11) is 1.56. The van der Waals surface area contributed by atoms with E-state index >= 15 is 0 Å². The summed E-state index contributed by atoms with van der Waals surface area (Å²) in [6.45, 7) is 3.28. The van der Waals surface area contributed by atoms with E-state index in [2.05, 4.69) is 4.90 Å². The highest BCUT2D eigenvalue weighted by molar-refractivity contribution is 5.97. The minimum Gasteiger partial charge on any atom is -0.497 e. The minimum absolute atomic E-state index is 0.0255. The number of hydrogen-bond acceptors (Lipinski definition) is 7. The van der Waals surface area contributed by atoms with Gasteiger partial charge in [-0.2, -0.15) is 0 Å². The van der Waals surface area contributed by atoms with Gasteiger partial charge in [-0.3, -0.25) is 14.5 Å². The zero-order chi connectivity index (χ0) is 18.4. The van der Waals surface area contributed by atoms with Gasteiger partial charge >= 0.3 is 0 Å². The smallest absolute Gasteiger partial charge is 0.227 e. The van der Waals surface area contributed by atoms with Crippen LogP contribution in [-0.2, 0) is 11.3 Å². The molecule has 0 spiro atoms. The number of benzene rings is 1. The van der Waals surface area contributed by atoms with E-state index in [1.165, 1.54) is 12.3 Å². The number of Topliss-reactive ketones (excluding diaryl/α,β-unsaturated/α-hetero) is 1. The number of nitrogens with zero attached hydrogens (tertiary/aromatic N) is 1. The first-order chi connectivity index (χ1) is 12.7. The number of carbonyl (C=O) groups excluding carboxylic acids is 1. The fraction of sp³-hybridized carbons (Fsp3) is 0.368. The first-order valence-corrected chi connectivity index (χ1v) is 8.37. The summed E-state index contributed by atoms with van der Waals surface area (Å²) in [5.74, 6) is 1.02. The Morgan fingerprint density at radius 2 is 1.92 bits per heavy atom. The van der Waals surface area contributed by atoms with Crippen LogP contribution in [0.15, 0.2) is 45.8 Å². The Kier molecular flexibility index (Phi) is 6.04. The molecule has 1 aromatic heterocycles. The first kappa shape index (κ1) is 18.2. The Bertz CT molecular complexity index is 792. The van der Waals surface area contributed by atoms with Gasteiger partial charge in [-0.25, -0.2) is 0 Å². The largest absolute Gasteiger partial charge is 0.497 e. The highest BCUT2D eigenvalue weighted by atomic mass is 16.5. The molecule has 1 aliphatic heterocycles. The van der Waals surface area contributed by atoms with E-state index in [0.29, 0.717) is 36.8 Å². The van der Waals surface area contributed by atoms with Gasteiger partial charge < -0.3 is 18.6 Å². The van der Waals surface area contributed by atoms with Crippen LogP contribution < -0.4 is 14.9 Å². The summed E-state index contributed by atoms with van der Waals surface area (Å²) in [4.78, 5) is 26.4. The third kappa shape index (κ3) is 4.71. The standard InChI is InChI=1S/C19H21NO6/c1-23-15-4-2-14(3-5-15)18(22)12-26-19-13-25-16(10-17(19)21)11-20-6-8-24-9-7-20/h2-5,10,13H,6-9,11-12H2,1H3. The number of methoxy groups -OCH3 is 1. The molecule has 2 heterocycles. The molecule has 138 valence electrons. The topological polar surface area (TPSA) is 78.2 Å². The zero-order valence-corrected chi connectivity index (χ0v) is 14.6. The summed E-state index contributed by atoms with van der Waals surface area (Å²) in [5, 5.41) is 0. The lowest BCUT2D eigenvalue weighted by molar-refractivity contribution is 0.0310. The third-order valence-corrected chi connectivity index (χ3v) is 4.11. The van der Waals surface area contributed by atoms with Gasteiger partial charge in [0.1, 0.15) is 17.8 Å². The number of carbonyl (C=O) groups is 1. The Balaban J connectivity index is 1.57. The average molecular weight is 359 g/mol. The molecule has 0 N–H and O–H groups in total. The Labute approximate surface area is 151 Å². The quantitative estimate of drug-likeness (QED) is 0.697. The van der Waals surface area contributed by atoms with E-state index in [0.717, 1.165) is 13.1 Å². The number of ketones is 1. The molecular formula is C19H21NO6. The Morgan fingerprint density at radius 1 is 1.19 bits per heavy atom. The van der Waals surface area contributed by atoms with Crippen molar-refractivity contribution in [3.05, 3.63) is 58.1 Å². The van der Waals surface area contributed by atoms with E-state index in [1.807, 2.05) is 0 Å². The molecule has 2 aromatic rings. The summed E-state index contributed by atoms with van der Waals surface area (Å²) < 4.78 is 21.2. The maximum atomic E-state index is 12.2. The lowest BCUT2D eigenvalue weighted by Gasteiger charge is -2.25. The molecule has 0 radical (unpaired) electrons. The van der Waals surface area contributed by atoms with Gasteiger partial charge in [0.05, 0.1) is 26.9 Å². The van der Waals surface area contributed by atoms with Crippen LogP contribution in [0, 0.1) is 0 Å². The van der Waals surface area contributed by atoms with Crippen molar-refractivity contribution < 1.29 is 23.4 Å². The van der Waals surface area contributed by atoms with E-state index in [-0.39, 0.29) is 23.6 Å². The molecule has 1 aromatic carbocycles. The van der Waals surface area contributed by atoms with Crippen molar-refractivity contribution in [3.63, 3.8) is 0 Å². The van der Waals surface area contributed by atoms with E-state index in [4.69, 9.17) is 18.6 Å². The summed E-state index contributed by atoms with van der Waals surface area (Å²) in [6, 6.07) is 8.10. The molecule has 0 aliphatic carbocycles. The Morgan fingerprint density at radius 3 is 2.58 bits per heavy atom. The molecular weight excluding hydrogens is 338 g/mol. The number of rotatable bonds is 7. The molecule has 3 rings (SSSR count). The molecule has 1 fully saturated rings. The SMILES string of the molecule is COc1ccc(C(=O)COc2coc(CN3CCOCC3)cc2=O)cc1. The first-order valence-electron chi connectivity index (χ1n) is 8.37. The lowest BCUT2D eigenvalue weighted by Crippen LogP contribution is -2.35. The summed E-state index contributed by atoms with van der Waals surface area (Å²) >= 11 is 0. The molecule has 26 heavy (non-hydrogen) atoms. The van der Waals surface area contributed by atoms with Crippen LogP contribution in [0.4, 0.5) is 0 Å². The Hall–Kier alpha value is -2.64. The van der Waals surface area contributed by atoms with Crippen LogP contribution in [0.2, 0.25) is 0 Å². The van der Waals surface area contributed by atoms with Gasteiger partial charge in [0, 0.05) is 24.7 Å². The lowest BCUT2D eigenvalue weighted by atomic mass is 10.1. The molecule has 1 saturated heterocycles. The van der Waals surface area contributed by atoms with Crippen molar-refractivity contribution in [2.75, 3.05) is 40.0 Å². The van der Waals surface area contributed by atoms with Gasteiger partial charge in [0.2, 0.25) is 11.2 Å². The second-order valence-corrected chi connectivity index (χ2v) is 5.90. The van der Waals surface area contributed by atoms with Crippen LogP contribution >= 0.6 is 0 Å². The van der Waals surface area contributed by atoms with Crippen LogP contribution in [0.5, 0.6) is 11.5 Å². The molecule has 0 amide bonds. The molecule has 0 atom stereocenters. The van der Waals surface area contributed by atoms with Crippen molar-refractivity contribution >= 4 is 5.78 Å². The van der Waals surface area contributed by atoms with E-state index in [9.17, 15) is 9.59 Å². The second kappa shape index (κ2) is 8.64. The van der Waals surface area contributed by atoms with Gasteiger partial charge in [-0.1, -0.05) is 0 Å². The highest BCUT2D eigenvalue weighted by Gasteiger charge is 2.14. The van der Waals surface area contributed by atoms with Crippen LogP contribution in [0.3, 0.4) is 0 Å². The average Bonchev–Trinajstić information content (AvgIpc) is 2.68. The number of morpholine rings is 1. The predicted molar refractivity (Wildman–Crippen MR) is 93.9 cm³/mol. The van der Waals surface area contributed by atoms with Crippen LogP contribution in [0.25, 0.3) is 0 Å². The van der Waals surface area contributed by atoms with Crippen LogP contribution in [0.1, 0.15) is 16.1 Å². The zero-order valence-electron chi connectivity index (χ0n) is 14.6. The second-order valence-electron chi connectivity index (χ2n) is 5.90. The van der Waals surface area contributed by atoms with Crippen molar-refractivity contribution in [1.29, 1.82) is 0 Å². The molecule has 1 aliphatic rings. The molecule has 0 unspecified atom stereocenters. The fourth-order valence-corrected chi connectivity index (χ4v) is 2.61. The predicted octanol–water partition coefficient (Wildman–Crippen LogP) is 1.74. The minimum atomic E-state index is -0.304. The normalized spacial score (nSPS) is 14.8. The number of hydrogen-bond donors (Lipinski definition) is 0. The number of ether oxygens (including phenoxy) is 3. The van der Waals surface area contributed by atoms with Crippen molar-refractivity contribution in [1.82, 2.24) is 4.90 Å². The van der Waals surface area contributed by atoms with Crippen molar-refractivity contribution in [2.24, 2.45) is 0 Å². The summed E-state index contributed by atoms with van der Waals surface area (Å²) in [5.41, 5.74) is 0.182. The van der Waals surface area contributed by atoms with Gasteiger partial charge in [-0.15, -0.1) is 0 Å². The molecule has 7 heteroatoms. The fourth-order valence-electron chi connectivity index (χ4n) is 2.61. The van der Waals surface area contributed by atoms with Gasteiger partial charge in [-0.05, 0) is 24.3 Å². The van der Waals surface area contributed by atoms with Gasteiger partial charge in [0.15, 0.2) is 12.4 Å². The van der Waals surface area contributed by atoms with E-state index in [1.54, 1.807) is 31.4 Å². The summed E-state index contributed by atoms with van der Waals surface area (Å²) in [6.07, 6.45) is 1.26. The van der Waals surface area contributed by atoms with Gasteiger partial charge in [0.25, 0.3) is 0 Å². The third-order valence-electron chi connectivity index (χ3n) is 4.11. The highest BCUT2D eigenvalue weighted by Crippen LogP contribution is 2.13. The van der Waals surface area contributed by atoms with E-state index < -0.39 is 0 Å². The molecule has 7 nitrogen and oxygen atoms in total. The maximum Gasteiger partial charge on any atom is 0.227 e. The van der Waals surface area contributed by atoms with Crippen LogP contribution in [-0.4, -0.2) is 50.7 Å². The molecule has 0 bridgehead atoms. The maximum absolute atomic E-state index is 12.2.